The van der Waals surface area contributed by atoms with Crippen molar-refractivity contribution in [3.8, 4) is 10.6 Å². The van der Waals surface area contributed by atoms with Gasteiger partial charge in [0.05, 0.1) is 17.8 Å². The molecule has 2 N–H and O–H groups in total. The standard InChI is InChI=1S/C22H25F2N7OS/c1-12-29-30-21(33-12)14-4-13-5-20(26-11-19(13)25-10-14)28-22(32)31-17-2-3-18(31)7-15(6-17)27-16(8-23)9-24/h4-5,10-11,15-18,27H,2-3,6-9H2,1H3,(H,26,28,32)/t15-,17+,18-. The van der Waals surface area contributed by atoms with Crippen LogP contribution in [0.5, 0.6) is 0 Å². The second kappa shape index (κ2) is 9.22. The van der Waals surface area contributed by atoms with E-state index < -0.39 is 19.4 Å². The van der Waals surface area contributed by atoms with Crippen molar-refractivity contribution in [3.63, 3.8) is 0 Å². The molecule has 2 aliphatic heterocycles. The smallest absolute Gasteiger partial charge is 0.318 e. The molecule has 11 heteroatoms. The van der Waals surface area contributed by atoms with Gasteiger partial charge >= 0.3 is 6.03 Å². The van der Waals surface area contributed by atoms with Crippen LogP contribution in [-0.2, 0) is 0 Å². The Balaban J connectivity index is 1.29. The lowest BCUT2D eigenvalue weighted by molar-refractivity contribution is 0.133. The van der Waals surface area contributed by atoms with Crippen LogP contribution < -0.4 is 10.6 Å². The maximum atomic E-state index is 13.1. The van der Waals surface area contributed by atoms with Gasteiger partial charge in [-0.3, -0.25) is 10.3 Å². The van der Waals surface area contributed by atoms with E-state index in [1.807, 2.05) is 17.9 Å². The van der Waals surface area contributed by atoms with Gasteiger partial charge in [-0.1, -0.05) is 11.3 Å². The van der Waals surface area contributed by atoms with Crippen LogP contribution in [-0.4, -0.2) is 68.6 Å². The van der Waals surface area contributed by atoms with Gasteiger partial charge in [-0.05, 0) is 44.7 Å². The van der Waals surface area contributed by atoms with Crippen LogP contribution in [0.2, 0.25) is 0 Å². The molecule has 2 bridgehead atoms. The summed E-state index contributed by atoms with van der Waals surface area (Å²) in [5, 5.41) is 16.7. The zero-order valence-corrected chi connectivity index (χ0v) is 19.0. The third-order valence-electron chi connectivity index (χ3n) is 6.39. The van der Waals surface area contributed by atoms with E-state index in [2.05, 4.69) is 30.8 Å². The Bertz CT molecular complexity index is 1140. The van der Waals surface area contributed by atoms with Crippen molar-refractivity contribution >= 4 is 34.1 Å². The van der Waals surface area contributed by atoms with Gasteiger partial charge in [0, 0.05) is 35.3 Å². The summed E-state index contributed by atoms with van der Waals surface area (Å²) in [4.78, 5) is 23.8. The first-order valence-electron chi connectivity index (χ1n) is 11.1. The molecule has 0 unspecified atom stereocenters. The molecule has 2 fully saturated rings. The highest BCUT2D eigenvalue weighted by molar-refractivity contribution is 7.14. The minimum atomic E-state index is -0.765. The van der Waals surface area contributed by atoms with Crippen LogP contribution in [0.15, 0.2) is 24.5 Å². The Hall–Kier alpha value is -2.79. The van der Waals surface area contributed by atoms with Crippen LogP contribution >= 0.6 is 11.3 Å². The topological polar surface area (TPSA) is 95.9 Å². The zero-order valence-electron chi connectivity index (χ0n) is 18.2. The summed E-state index contributed by atoms with van der Waals surface area (Å²) < 4.78 is 25.8. The summed E-state index contributed by atoms with van der Waals surface area (Å²) in [6.07, 6.45) is 6.56. The van der Waals surface area contributed by atoms with Crippen molar-refractivity contribution in [3.05, 3.63) is 29.5 Å². The number of carbonyl (C=O) groups excluding carboxylic acids is 1. The number of hydrogen-bond acceptors (Lipinski definition) is 7. The molecule has 174 valence electrons. The van der Waals surface area contributed by atoms with Crippen LogP contribution in [0.1, 0.15) is 30.7 Å². The van der Waals surface area contributed by atoms with Gasteiger partial charge in [-0.2, -0.15) is 0 Å². The number of nitrogens with one attached hydrogen (secondary N) is 2. The largest absolute Gasteiger partial charge is 0.323 e. The van der Waals surface area contributed by atoms with Crippen molar-refractivity contribution in [2.24, 2.45) is 0 Å². The van der Waals surface area contributed by atoms with Crippen molar-refractivity contribution in [1.82, 2.24) is 30.4 Å². The quantitative estimate of drug-likeness (QED) is 0.564. The van der Waals surface area contributed by atoms with E-state index in [0.29, 0.717) is 18.7 Å². The van der Waals surface area contributed by atoms with Crippen molar-refractivity contribution in [1.29, 1.82) is 0 Å². The minimum absolute atomic E-state index is 0.0235. The fourth-order valence-corrected chi connectivity index (χ4v) is 5.58. The SMILES string of the molecule is Cc1nnc(-c2cnc3cnc(NC(=O)N4[C@@H]5CC[C@H]4C[C@@H](NC(CF)CF)C5)cc3c2)s1. The van der Waals surface area contributed by atoms with Crippen molar-refractivity contribution in [2.45, 2.75) is 56.8 Å². The predicted molar refractivity (Wildman–Crippen MR) is 123 cm³/mol. The second-order valence-corrected chi connectivity index (χ2v) is 9.86. The zero-order chi connectivity index (χ0) is 22.9. The van der Waals surface area contributed by atoms with Crippen LogP contribution in [0.25, 0.3) is 21.5 Å². The molecular formula is C22H25F2N7OS. The minimum Gasteiger partial charge on any atom is -0.318 e. The van der Waals surface area contributed by atoms with Gasteiger partial charge in [-0.25, -0.2) is 18.6 Å². The first-order chi connectivity index (χ1) is 16.0. The Labute approximate surface area is 193 Å². The fourth-order valence-electron chi connectivity index (χ4n) is 4.91. The van der Waals surface area contributed by atoms with Gasteiger partial charge < -0.3 is 10.2 Å². The first kappa shape index (κ1) is 22.0. The Morgan fingerprint density at radius 3 is 2.58 bits per heavy atom. The number of halogens is 2. The van der Waals surface area contributed by atoms with Crippen molar-refractivity contribution in [2.75, 3.05) is 18.7 Å². The number of piperidine rings is 1. The molecule has 0 aliphatic carbocycles. The van der Waals surface area contributed by atoms with Gasteiger partial charge in [0.1, 0.15) is 29.2 Å². The van der Waals surface area contributed by atoms with Gasteiger partial charge in [0.2, 0.25) is 0 Å². The van der Waals surface area contributed by atoms with E-state index in [1.165, 1.54) is 11.3 Å². The first-order valence-corrected chi connectivity index (χ1v) is 11.9. The highest BCUT2D eigenvalue weighted by Gasteiger charge is 2.43. The number of fused-ring (bicyclic) bond motifs is 3. The number of aromatic nitrogens is 4. The van der Waals surface area contributed by atoms with Crippen LogP contribution in [0, 0.1) is 6.92 Å². The Morgan fingerprint density at radius 1 is 1.15 bits per heavy atom. The summed E-state index contributed by atoms with van der Waals surface area (Å²) in [5.41, 5.74) is 1.59. The number of nitrogens with zero attached hydrogens (tertiary/aromatic N) is 5. The summed E-state index contributed by atoms with van der Waals surface area (Å²) in [5.74, 6) is 0.453. The number of carbonyl (C=O) groups is 1. The number of pyridine rings is 2. The van der Waals surface area contributed by atoms with E-state index >= 15 is 0 Å². The van der Waals surface area contributed by atoms with Gasteiger partial charge in [-0.15, -0.1) is 10.2 Å². The molecule has 5 heterocycles. The molecule has 2 aliphatic rings. The summed E-state index contributed by atoms with van der Waals surface area (Å²) in [6.45, 7) is 0.449. The van der Waals surface area contributed by atoms with E-state index in [4.69, 9.17) is 0 Å². The number of anilines is 1. The molecule has 3 atom stereocenters. The van der Waals surface area contributed by atoms with E-state index in [-0.39, 0.29) is 24.2 Å². The maximum Gasteiger partial charge on any atom is 0.323 e. The van der Waals surface area contributed by atoms with Crippen LogP contribution in [0.3, 0.4) is 0 Å². The van der Waals surface area contributed by atoms with Crippen molar-refractivity contribution < 1.29 is 13.6 Å². The maximum absolute atomic E-state index is 13.1. The monoisotopic (exact) mass is 473 g/mol. The lowest BCUT2D eigenvalue weighted by atomic mass is 9.97. The molecule has 0 saturated carbocycles. The fraction of sp³-hybridized carbons (Fsp3) is 0.500. The molecule has 0 spiro atoms. The lowest BCUT2D eigenvalue weighted by Gasteiger charge is -2.39. The number of alkyl halides is 2. The number of aryl methyl sites for hydroxylation is 1. The normalized spacial score (nSPS) is 22.3. The molecule has 3 aromatic heterocycles. The highest BCUT2D eigenvalue weighted by atomic mass is 32.1. The van der Waals surface area contributed by atoms with Crippen LogP contribution in [0.4, 0.5) is 19.4 Å². The Kier molecular flexibility index (Phi) is 6.15. The van der Waals surface area contributed by atoms with E-state index in [1.54, 1.807) is 18.5 Å². The summed E-state index contributed by atoms with van der Waals surface area (Å²) >= 11 is 1.50. The average molecular weight is 474 g/mol. The van der Waals surface area contributed by atoms with Gasteiger partial charge in [0.15, 0.2) is 0 Å². The summed E-state index contributed by atoms with van der Waals surface area (Å²) in [6, 6.07) is 2.94. The molecule has 2 amide bonds. The second-order valence-electron chi connectivity index (χ2n) is 8.68. The third-order valence-corrected chi connectivity index (χ3v) is 7.27. The molecule has 0 aromatic carbocycles. The molecule has 8 nitrogen and oxygen atoms in total. The number of amides is 2. The lowest BCUT2D eigenvalue weighted by Crippen LogP contribution is -2.54. The molecule has 0 radical (unpaired) electrons. The highest BCUT2D eigenvalue weighted by Crippen LogP contribution is 2.36. The molecule has 5 rings (SSSR count). The van der Waals surface area contributed by atoms with E-state index in [0.717, 1.165) is 39.3 Å². The predicted octanol–water partition coefficient (Wildman–Crippen LogP) is 3.88. The molecule has 2 saturated heterocycles. The summed E-state index contributed by atoms with van der Waals surface area (Å²) in [7, 11) is 0. The number of urea groups is 1. The Morgan fingerprint density at radius 2 is 1.91 bits per heavy atom. The molecule has 3 aromatic rings. The number of rotatable bonds is 6. The third kappa shape index (κ3) is 4.51. The van der Waals surface area contributed by atoms with E-state index in [9.17, 15) is 13.6 Å². The molecule has 33 heavy (non-hydrogen) atoms. The van der Waals surface area contributed by atoms with Gasteiger partial charge in [0.25, 0.3) is 0 Å². The average Bonchev–Trinajstić information content (AvgIpc) is 3.37. The molecular weight excluding hydrogens is 448 g/mol. The number of hydrogen-bond donors (Lipinski definition) is 2.